The summed E-state index contributed by atoms with van der Waals surface area (Å²) in [6.07, 6.45) is 3.23. The van der Waals surface area contributed by atoms with E-state index < -0.39 is 12.0 Å². The van der Waals surface area contributed by atoms with Crippen molar-refractivity contribution in [2.75, 3.05) is 13.7 Å². The smallest absolute Gasteiger partial charge is 0.326 e. The van der Waals surface area contributed by atoms with Crippen LogP contribution in [-0.2, 0) is 14.3 Å². The van der Waals surface area contributed by atoms with E-state index in [0.29, 0.717) is 13.0 Å². The Bertz CT molecular complexity index is 567. The third-order valence-corrected chi connectivity index (χ3v) is 3.62. The van der Waals surface area contributed by atoms with E-state index in [2.05, 4.69) is 0 Å². The first-order valence-corrected chi connectivity index (χ1v) is 6.82. The summed E-state index contributed by atoms with van der Waals surface area (Å²) < 4.78 is 5.17. The average molecular weight is 289 g/mol. The third kappa shape index (κ3) is 3.70. The van der Waals surface area contributed by atoms with Crippen molar-refractivity contribution in [3.05, 3.63) is 41.5 Å². The Morgan fingerprint density at radius 2 is 2.19 bits per heavy atom. The number of carbonyl (C=O) groups excluding carboxylic acids is 1. The van der Waals surface area contributed by atoms with Crippen LogP contribution in [0.1, 0.15) is 17.5 Å². The first-order valence-electron chi connectivity index (χ1n) is 6.82. The van der Waals surface area contributed by atoms with Crippen LogP contribution in [0.15, 0.2) is 30.3 Å². The monoisotopic (exact) mass is 289 g/mol. The van der Waals surface area contributed by atoms with E-state index in [1.165, 1.54) is 18.1 Å². The van der Waals surface area contributed by atoms with E-state index in [-0.39, 0.29) is 12.0 Å². The van der Waals surface area contributed by atoms with Crippen molar-refractivity contribution in [2.45, 2.75) is 25.5 Å². The number of rotatable bonds is 4. The van der Waals surface area contributed by atoms with Gasteiger partial charge in [-0.15, -0.1) is 0 Å². The van der Waals surface area contributed by atoms with Gasteiger partial charge in [0.05, 0.1) is 6.10 Å². The Balaban J connectivity index is 2.10. The number of ether oxygens (including phenoxy) is 1. The van der Waals surface area contributed by atoms with Crippen LogP contribution in [0.3, 0.4) is 0 Å². The summed E-state index contributed by atoms with van der Waals surface area (Å²) in [4.78, 5) is 24.8. The Morgan fingerprint density at radius 1 is 1.43 bits per heavy atom. The molecule has 1 aliphatic heterocycles. The van der Waals surface area contributed by atoms with Crippen LogP contribution in [0.4, 0.5) is 0 Å². The Labute approximate surface area is 123 Å². The summed E-state index contributed by atoms with van der Waals surface area (Å²) in [7, 11) is 1.53. The van der Waals surface area contributed by atoms with Crippen LogP contribution in [-0.4, -0.2) is 47.7 Å². The molecule has 112 valence electrons. The highest BCUT2D eigenvalue weighted by atomic mass is 16.5. The van der Waals surface area contributed by atoms with Crippen LogP contribution in [0.25, 0.3) is 6.08 Å². The lowest BCUT2D eigenvalue weighted by molar-refractivity contribution is -0.146. The van der Waals surface area contributed by atoms with Crippen molar-refractivity contribution in [1.29, 1.82) is 0 Å². The van der Waals surface area contributed by atoms with Gasteiger partial charge in [-0.2, -0.15) is 0 Å². The highest BCUT2D eigenvalue weighted by molar-refractivity contribution is 5.94. The number of methoxy groups -OCH3 is 1. The van der Waals surface area contributed by atoms with Crippen molar-refractivity contribution in [2.24, 2.45) is 0 Å². The minimum Gasteiger partial charge on any atom is -0.480 e. The van der Waals surface area contributed by atoms with Gasteiger partial charge in [-0.1, -0.05) is 29.8 Å². The second-order valence-corrected chi connectivity index (χ2v) is 5.19. The molecule has 0 aromatic heterocycles. The van der Waals surface area contributed by atoms with E-state index >= 15 is 0 Å². The molecule has 1 aliphatic rings. The predicted octanol–water partition coefficient (Wildman–Crippen LogP) is 1.71. The molecular weight excluding hydrogens is 270 g/mol. The van der Waals surface area contributed by atoms with Gasteiger partial charge in [0.1, 0.15) is 6.04 Å². The molecule has 1 amide bonds. The number of carboxylic acid groups (broad SMARTS) is 1. The number of carbonyl (C=O) groups is 2. The van der Waals surface area contributed by atoms with Crippen molar-refractivity contribution >= 4 is 18.0 Å². The molecule has 1 N–H and O–H groups in total. The van der Waals surface area contributed by atoms with Gasteiger partial charge in [0, 0.05) is 26.2 Å². The molecular formula is C16H19NO4. The molecule has 0 spiro atoms. The molecule has 0 radical (unpaired) electrons. The number of benzene rings is 1. The van der Waals surface area contributed by atoms with Crippen LogP contribution in [0.5, 0.6) is 0 Å². The van der Waals surface area contributed by atoms with E-state index in [4.69, 9.17) is 4.74 Å². The van der Waals surface area contributed by atoms with Crippen molar-refractivity contribution < 1.29 is 19.4 Å². The first-order chi connectivity index (χ1) is 10.0. The van der Waals surface area contributed by atoms with Crippen molar-refractivity contribution in [1.82, 2.24) is 4.90 Å². The van der Waals surface area contributed by atoms with Crippen molar-refractivity contribution in [3.8, 4) is 0 Å². The summed E-state index contributed by atoms with van der Waals surface area (Å²) in [5, 5.41) is 9.19. The average Bonchev–Trinajstić information content (AvgIpc) is 2.89. The number of hydrogen-bond acceptors (Lipinski definition) is 3. The highest BCUT2D eigenvalue weighted by Gasteiger charge is 2.38. The van der Waals surface area contributed by atoms with Crippen LogP contribution in [0, 0.1) is 6.92 Å². The van der Waals surface area contributed by atoms with Gasteiger partial charge in [0.2, 0.25) is 5.91 Å². The maximum Gasteiger partial charge on any atom is 0.326 e. The first kappa shape index (κ1) is 15.3. The lowest BCUT2D eigenvalue weighted by Gasteiger charge is -2.19. The van der Waals surface area contributed by atoms with E-state index in [1.807, 2.05) is 31.2 Å². The fourth-order valence-electron chi connectivity index (χ4n) is 2.48. The van der Waals surface area contributed by atoms with E-state index in [1.54, 1.807) is 6.08 Å². The molecule has 0 aliphatic carbocycles. The molecule has 1 fully saturated rings. The van der Waals surface area contributed by atoms with Crippen LogP contribution >= 0.6 is 0 Å². The van der Waals surface area contributed by atoms with Crippen LogP contribution < -0.4 is 0 Å². The number of nitrogens with zero attached hydrogens (tertiary/aromatic N) is 1. The van der Waals surface area contributed by atoms with Gasteiger partial charge in [-0.25, -0.2) is 4.79 Å². The minimum absolute atomic E-state index is 0.220. The molecule has 1 heterocycles. The Morgan fingerprint density at radius 3 is 2.81 bits per heavy atom. The number of amides is 1. The molecule has 21 heavy (non-hydrogen) atoms. The summed E-state index contributed by atoms with van der Waals surface area (Å²) >= 11 is 0. The van der Waals surface area contributed by atoms with Crippen molar-refractivity contribution in [3.63, 3.8) is 0 Å². The van der Waals surface area contributed by atoms with E-state index in [0.717, 1.165) is 11.1 Å². The number of aryl methyl sites for hydroxylation is 1. The van der Waals surface area contributed by atoms with Gasteiger partial charge >= 0.3 is 5.97 Å². The summed E-state index contributed by atoms with van der Waals surface area (Å²) in [6, 6.07) is 6.93. The second-order valence-electron chi connectivity index (χ2n) is 5.19. The molecule has 1 aromatic rings. The molecule has 0 saturated carbocycles. The summed E-state index contributed by atoms with van der Waals surface area (Å²) in [5.74, 6) is -1.30. The fourth-order valence-corrected chi connectivity index (χ4v) is 2.48. The van der Waals surface area contributed by atoms with Gasteiger partial charge in [0.25, 0.3) is 0 Å². The standard InChI is InChI=1S/C16H19NO4/c1-11-4-3-5-12(8-11)6-7-15(18)17-10-13(21-2)9-14(17)16(19)20/h3-8,13-14H,9-10H2,1-2H3,(H,19,20)/b7-6+. The summed E-state index contributed by atoms with van der Waals surface area (Å²) in [6.45, 7) is 2.29. The molecule has 2 unspecified atom stereocenters. The lowest BCUT2D eigenvalue weighted by atomic mass is 10.1. The number of hydrogen-bond donors (Lipinski definition) is 1. The SMILES string of the molecule is COC1CC(C(=O)O)N(C(=O)/C=C/c2cccc(C)c2)C1. The van der Waals surface area contributed by atoms with Gasteiger partial charge < -0.3 is 14.7 Å². The Kier molecular flexibility index (Phi) is 4.75. The largest absolute Gasteiger partial charge is 0.480 e. The number of likely N-dealkylation sites (tertiary alicyclic amines) is 1. The zero-order valence-corrected chi connectivity index (χ0v) is 12.2. The predicted molar refractivity (Wildman–Crippen MR) is 78.8 cm³/mol. The zero-order chi connectivity index (χ0) is 15.4. The normalized spacial score (nSPS) is 21.9. The number of carboxylic acids is 1. The van der Waals surface area contributed by atoms with Crippen LogP contribution in [0.2, 0.25) is 0 Å². The quantitative estimate of drug-likeness (QED) is 0.857. The molecule has 0 bridgehead atoms. The maximum absolute atomic E-state index is 12.2. The number of aliphatic carboxylic acids is 1. The van der Waals surface area contributed by atoms with Gasteiger partial charge in [-0.05, 0) is 18.6 Å². The molecule has 2 atom stereocenters. The topological polar surface area (TPSA) is 66.8 Å². The Hall–Kier alpha value is -2.14. The highest BCUT2D eigenvalue weighted by Crippen LogP contribution is 2.21. The fraction of sp³-hybridized carbons (Fsp3) is 0.375. The third-order valence-electron chi connectivity index (χ3n) is 3.62. The lowest BCUT2D eigenvalue weighted by Crippen LogP contribution is -2.39. The van der Waals surface area contributed by atoms with Gasteiger partial charge in [0.15, 0.2) is 0 Å². The molecule has 5 heteroatoms. The molecule has 1 saturated heterocycles. The maximum atomic E-state index is 12.2. The zero-order valence-electron chi connectivity index (χ0n) is 12.2. The minimum atomic E-state index is -0.994. The summed E-state index contributed by atoms with van der Waals surface area (Å²) in [5.41, 5.74) is 2.02. The second kappa shape index (κ2) is 6.54. The molecule has 5 nitrogen and oxygen atoms in total. The molecule has 2 rings (SSSR count). The van der Waals surface area contributed by atoms with E-state index in [9.17, 15) is 14.7 Å². The van der Waals surface area contributed by atoms with Gasteiger partial charge in [-0.3, -0.25) is 4.79 Å². The molecule has 1 aromatic carbocycles.